The Kier molecular flexibility index (Phi) is 3.14. The molecule has 0 atom stereocenters. The quantitative estimate of drug-likeness (QED) is 0.429. The molecule has 1 aliphatic carbocycles. The molecule has 0 radical (unpaired) electrons. The van der Waals surface area contributed by atoms with Gasteiger partial charge in [-0.2, -0.15) is 0 Å². The van der Waals surface area contributed by atoms with Crippen molar-refractivity contribution in [2.24, 2.45) is 0 Å². The molecular weight excluding hydrogens is 140 g/mol. The van der Waals surface area contributed by atoms with E-state index in [0.717, 1.165) is 31.9 Å². The zero-order valence-electron chi connectivity index (χ0n) is 6.68. The number of Topliss-reactive ketones (excluding diaryl/α,β-unsaturated/α-hetero) is 1. The van der Waals surface area contributed by atoms with Crippen molar-refractivity contribution in [2.45, 2.75) is 38.5 Å². The van der Waals surface area contributed by atoms with Crippen LogP contribution in [0.2, 0.25) is 0 Å². The van der Waals surface area contributed by atoms with Crippen LogP contribution >= 0.6 is 0 Å². The third-order valence-corrected chi connectivity index (χ3v) is 2.11. The highest BCUT2D eigenvalue weighted by Crippen LogP contribution is 2.17. The smallest absolute Gasteiger partial charge is 0.161 e. The van der Waals surface area contributed by atoms with Crippen LogP contribution in [0.4, 0.5) is 0 Å². The highest BCUT2D eigenvalue weighted by Gasteiger charge is 2.11. The summed E-state index contributed by atoms with van der Waals surface area (Å²) < 4.78 is 0. The molecule has 2 heteroatoms. The van der Waals surface area contributed by atoms with Crippen molar-refractivity contribution in [2.75, 3.05) is 0 Å². The van der Waals surface area contributed by atoms with Gasteiger partial charge in [0.15, 0.2) is 5.78 Å². The minimum atomic E-state index is 0.132. The number of hydrogen-bond acceptors (Lipinski definition) is 2. The molecule has 0 bridgehead atoms. The summed E-state index contributed by atoms with van der Waals surface area (Å²) in [6, 6.07) is 0. The second-order valence-corrected chi connectivity index (χ2v) is 2.99. The SMILES string of the molecule is O=C1CCCCCCC1=CO. The van der Waals surface area contributed by atoms with Gasteiger partial charge in [-0.1, -0.05) is 12.8 Å². The van der Waals surface area contributed by atoms with Crippen LogP contribution in [0.15, 0.2) is 11.8 Å². The second-order valence-electron chi connectivity index (χ2n) is 2.99. The first-order chi connectivity index (χ1) is 5.34. The van der Waals surface area contributed by atoms with E-state index in [1.54, 1.807) is 0 Å². The third kappa shape index (κ3) is 2.37. The number of aliphatic hydroxyl groups is 1. The first kappa shape index (κ1) is 8.31. The van der Waals surface area contributed by atoms with Crippen LogP contribution in [0.1, 0.15) is 38.5 Å². The zero-order valence-corrected chi connectivity index (χ0v) is 6.68. The van der Waals surface area contributed by atoms with E-state index in [0.29, 0.717) is 12.0 Å². The summed E-state index contributed by atoms with van der Waals surface area (Å²) in [7, 11) is 0. The number of carbonyl (C=O) groups is 1. The fourth-order valence-electron chi connectivity index (χ4n) is 1.39. The molecule has 1 saturated carbocycles. The predicted octanol–water partition coefficient (Wildman–Crippen LogP) is 2.35. The number of allylic oxidation sites excluding steroid dienone is 1. The Morgan fingerprint density at radius 1 is 1.09 bits per heavy atom. The maximum absolute atomic E-state index is 11.2. The Morgan fingerprint density at radius 2 is 1.73 bits per heavy atom. The van der Waals surface area contributed by atoms with Crippen LogP contribution in [0.25, 0.3) is 0 Å². The lowest BCUT2D eigenvalue weighted by molar-refractivity contribution is -0.116. The van der Waals surface area contributed by atoms with E-state index in [-0.39, 0.29) is 5.78 Å². The van der Waals surface area contributed by atoms with E-state index < -0.39 is 0 Å². The average molecular weight is 154 g/mol. The van der Waals surface area contributed by atoms with Crippen molar-refractivity contribution in [3.05, 3.63) is 11.8 Å². The summed E-state index contributed by atoms with van der Waals surface area (Å²) in [6.45, 7) is 0. The van der Waals surface area contributed by atoms with Gasteiger partial charge in [-0.05, 0) is 19.3 Å². The molecule has 1 rings (SSSR count). The first-order valence-corrected chi connectivity index (χ1v) is 4.21. The molecule has 0 unspecified atom stereocenters. The van der Waals surface area contributed by atoms with Crippen LogP contribution in [-0.4, -0.2) is 10.9 Å². The van der Waals surface area contributed by atoms with Gasteiger partial charge in [-0.3, -0.25) is 4.79 Å². The fraction of sp³-hybridized carbons (Fsp3) is 0.667. The van der Waals surface area contributed by atoms with Gasteiger partial charge in [0.05, 0.1) is 6.26 Å². The number of carbonyl (C=O) groups excluding carboxylic acids is 1. The standard InChI is InChI=1S/C9H14O2/c10-7-8-5-3-1-2-4-6-9(8)11/h7,10H,1-6H2. The summed E-state index contributed by atoms with van der Waals surface area (Å²) in [5.74, 6) is 0.132. The van der Waals surface area contributed by atoms with Gasteiger partial charge < -0.3 is 5.11 Å². The molecule has 0 aliphatic heterocycles. The third-order valence-electron chi connectivity index (χ3n) is 2.11. The number of hydrogen-bond donors (Lipinski definition) is 1. The second kappa shape index (κ2) is 4.16. The topological polar surface area (TPSA) is 37.3 Å². The van der Waals surface area contributed by atoms with Crippen molar-refractivity contribution in [1.29, 1.82) is 0 Å². The molecule has 0 amide bonds. The maximum atomic E-state index is 11.2. The zero-order chi connectivity index (χ0) is 8.10. The van der Waals surface area contributed by atoms with Gasteiger partial charge in [0.1, 0.15) is 0 Å². The van der Waals surface area contributed by atoms with Gasteiger partial charge in [0.25, 0.3) is 0 Å². The Morgan fingerprint density at radius 3 is 2.36 bits per heavy atom. The van der Waals surface area contributed by atoms with Crippen LogP contribution < -0.4 is 0 Å². The number of aliphatic hydroxyl groups excluding tert-OH is 1. The molecule has 0 aromatic heterocycles. The van der Waals surface area contributed by atoms with E-state index in [1.807, 2.05) is 0 Å². The molecule has 0 heterocycles. The largest absolute Gasteiger partial charge is 0.515 e. The molecule has 1 aliphatic rings. The maximum Gasteiger partial charge on any atom is 0.161 e. The Bertz CT molecular complexity index is 170. The van der Waals surface area contributed by atoms with E-state index in [1.165, 1.54) is 6.42 Å². The summed E-state index contributed by atoms with van der Waals surface area (Å²) in [4.78, 5) is 11.2. The molecule has 2 nitrogen and oxygen atoms in total. The molecular formula is C9H14O2. The molecule has 62 valence electrons. The highest BCUT2D eigenvalue weighted by atomic mass is 16.2. The number of ketones is 1. The van der Waals surface area contributed by atoms with Crippen molar-refractivity contribution < 1.29 is 9.90 Å². The van der Waals surface area contributed by atoms with Crippen LogP contribution in [0, 0.1) is 0 Å². The highest BCUT2D eigenvalue weighted by molar-refractivity contribution is 5.94. The fourth-order valence-corrected chi connectivity index (χ4v) is 1.39. The van der Waals surface area contributed by atoms with E-state index in [4.69, 9.17) is 5.11 Å². The van der Waals surface area contributed by atoms with Crippen molar-refractivity contribution in [3.8, 4) is 0 Å². The minimum absolute atomic E-state index is 0.132. The summed E-state index contributed by atoms with van der Waals surface area (Å²) in [5.41, 5.74) is 0.615. The Labute approximate surface area is 66.9 Å². The van der Waals surface area contributed by atoms with Gasteiger partial charge in [0, 0.05) is 12.0 Å². The van der Waals surface area contributed by atoms with Gasteiger partial charge >= 0.3 is 0 Å². The molecule has 0 aromatic carbocycles. The molecule has 11 heavy (non-hydrogen) atoms. The van der Waals surface area contributed by atoms with E-state index in [9.17, 15) is 4.79 Å². The van der Waals surface area contributed by atoms with Crippen molar-refractivity contribution in [3.63, 3.8) is 0 Å². The lowest BCUT2D eigenvalue weighted by Crippen LogP contribution is -2.05. The lowest BCUT2D eigenvalue weighted by Gasteiger charge is -2.08. The molecule has 0 spiro atoms. The molecule has 0 saturated heterocycles. The summed E-state index contributed by atoms with van der Waals surface area (Å²) >= 11 is 0. The van der Waals surface area contributed by atoms with Crippen LogP contribution in [0.5, 0.6) is 0 Å². The monoisotopic (exact) mass is 154 g/mol. The molecule has 1 N–H and O–H groups in total. The van der Waals surface area contributed by atoms with E-state index in [2.05, 4.69) is 0 Å². The molecule has 0 aromatic rings. The lowest BCUT2D eigenvalue weighted by atomic mass is 9.96. The van der Waals surface area contributed by atoms with E-state index >= 15 is 0 Å². The van der Waals surface area contributed by atoms with Crippen LogP contribution in [0.3, 0.4) is 0 Å². The minimum Gasteiger partial charge on any atom is -0.515 e. The van der Waals surface area contributed by atoms with Gasteiger partial charge in [-0.15, -0.1) is 0 Å². The number of rotatable bonds is 0. The summed E-state index contributed by atoms with van der Waals surface area (Å²) in [5, 5.41) is 8.70. The van der Waals surface area contributed by atoms with Crippen LogP contribution in [-0.2, 0) is 4.79 Å². The van der Waals surface area contributed by atoms with Crippen molar-refractivity contribution >= 4 is 5.78 Å². The average Bonchev–Trinajstić information content (AvgIpc) is 1.98. The summed E-state index contributed by atoms with van der Waals surface area (Å²) in [6.07, 6.45) is 6.72. The molecule has 1 fully saturated rings. The Hall–Kier alpha value is -0.790. The predicted molar refractivity (Wildman–Crippen MR) is 43.4 cm³/mol. The van der Waals surface area contributed by atoms with Crippen molar-refractivity contribution in [1.82, 2.24) is 0 Å². The van der Waals surface area contributed by atoms with Gasteiger partial charge in [-0.25, -0.2) is 0 Å². The first-order valence-electron chi connectivity index (χ1n) is 4.21. The normalized spacial score (nSPS) is 24.7. The Balaban J connectivity index is 2.53. The van der Waals surface area contributed by atoms with Gasteiger partial charge in [0.2, 0.25) is 0 Å².